The second-order valence-electron chi connectivity index (χ2n) is 5.74. The van der Waals surface area contributed by atoms with Gasteiger partial charge in [-0.25, -0.2) is 5.43 Å². The Morgan fingerprint density at radius 2 is 2.29 bits per heavy atom. The van der Waals surface area contributed by atoms with Crippen LogP contribution < -0.4 is 10.2 Å². The normalized spacial score (nSPS) is 20.0. The van der Waals surface area contributed by atoms with Crippen molar-refractivity contribution < 1.29 is 14.6 Å². The quantitative estimate of drug-likeness (QED) is 0.845. The molecule has 2 aliphatic rings. The number of thioether (sulfide) groups is 1. The maximum atomic E-state index is 11.1. The highest BCUT2D eigenvalue weighted by molar-refractivity contribution is 8.15. The summed E-state index contributed by atoms with van der Waals surface area (Å²) < 4.78 is 5.32. The van der Waals surface area contributed by atoms with Crippen molar-refractivity contribution in [1.29, 1.82) is 0 Å². The van der Waals surface area contributed by atoms with Crippen molar-refractivity contribution in [3.05, 3.63) is 41.5 Å². The molecule has 1 amide bonds. The van der Waals surface area contributed by atoms with Crippen LogP contribution in [0.2, 0.25) is 0 Å². The van der Waals surface area contributed by atoms with Gasteiger partial charge in [-0.05, 0) is 18.1 Å². The molecule has 0 bridgehead atoms. The molecule has 0 fully saturated rings. The third-order valence-corrected chi connectivity index (χ3v) is 5.15. The lowest BCUT2D eigenvalue weighted by atomic mass is 10.1. The van der Waals surface area contributed by atoms with E-state index in [-0.39, 0.29) is 5.91 Å². The van der Waals surface area contributed by atoms with Crippen molar-refractivity contribution >= 4 is 22.7 Å². The first-order valence-corrected chi connectivity index (χ1v) is 8.88. The molecule has 2 aliphatic heterocycles. The van der Waals surface area contributed by atoms with E-state index in [1.807, 2.05) is 24.3 Å². The third-order valence-electron chi connectivity index (χ3n) is 4.12. The van der Waals surface area contributed by atoms with Crippen molar-refractivity contribution in [1.82, 2.24) is 10.3 Å². The van der Waals surface area contributed by atoms with Crippen LogP contribution >= 0.6 is 11.8 Å². The van der Waals surface area contributed by atoms with Gasteiger partial charge in [0.1, 0.15) is 10.8 Å². The summed E-state index contributed by atoms with van der Waals surface area (Å²) in [5, 5.41) is 15.5. The fourth-order valence-corrected chi connectivity index (χ4v) is 3.65. The summed E-state index contributed by atoms with van der Waals surface area (Å²) in [6.07, 6.45) is 2.40. The number of aliphatic hydroxyl groups excluding tert-OH is 1. The Morgan fingerprint density at radius 3 is 2.96 bits per heavy atom. The van der Waals surface area contributed by atoms with Crippen LogP contribution in [0.25, 0.3) is 0 Å². The van der Waals surface area contributed by atoms with Gasteiger partial charge in [0, 0.05) is 25.2 Å². The first kappa shape index (κ1) is 17.0. The number of hydrogen-bond acceptors (Lipinski definition) is 6. The van der Waals surface area contributed by atoms with E-state index in [0.29, 0.717) is 18.0 Å². The van der Waals surface area contributed by atoms with Crippen molar-refractivity contribution in [3.8, 4) is 5.75 Å². The minimum Gasteiger partial charge on any atom is -0.496 e. The molecule has 1 atom stereocenters. The summed E-state index contributed by atoms with van der Waals surface area (Å²) in [6.45, 7) is 2.17. The van der Waals surface area contributed by atoms with Crippen molar-refractivity contribution in [2.75, 3.05) is 32.5 Å². The topological polar surface area (TPSA) is 74.2 Å². The number of para-hydroxylation sites is 1. The van der Waals surface area contributed by atoms with Gasteiger partial charge < -0.3 is 9.84 Å². The van der Waals surface area contributed by atoms with Crippen molar-refractivity contribution in [3.63, 3.8) is 0 Å². The molecule has 2 heterocycles. The Labute approximate surface area is 145 Å². The predicted molar refractivity (Wildman–Crippen MR) is 95.1 cm³/mol. The summed E-state index contributed by atoms with van der Waals surface area (Å²) in [5.41, 5.74) is 4.51. The number of aliphatic hydroxyl groups is 1. The van der Waals surface area contributed by atoms with E-state index < -0.39 is 6.10 Å². The minimum absolute atomic E-state index is 0.0540. The van der Waals surface area contributed by atoms with Crippen LogP contribution in [0.3, 0.4) is 0 Å². The number of benzene rings is 1. The van der Waals surface area contributed by atoms with Crippen LogP contribution in [0.15, 0.2) is 41.0 Å². The molecule has 3 rings (SSSR count). The second kappa shape index (κ2) is 7.83. The van der Waals surface area contributed by atoms with Gasteiger partial charge in [0.15, 0.2) is 0 Å². The molecular formula is C17H21N3O3S. The van der Waals surface area contributed by atoms with Gasteiger partial charge in [-0.2, -0.15) is 5.10 Å². The molecular weight excluding hydrogens is 326 g/mol. The van der Waals surface area contributed by atoms with Crippen molar-refractivity contribution in [2.45, 2.75) is 12.5 Å². The van der Waals surface area contributed by atoms with Crippen LogP contribution in [0, 0.1) is 0 Å². The largest absolute Gasteiger partial charge is 0.496 e. The number of methoxy groups -OCH3 is 1. The van der Waals surface area contributed by atoms with Gasteiger partial charge in [-0.3, -0.25) is 9.69 Å². The lowest BCUT2D eigenvalue weighted by molar-refractivity contribution is -0.118. The molecule has 0 aliphatic carbocycles. The minimum atomic E-state index is -0.586. The molecule has 128 valence electrons. The maximum absolute atomic E-state index is 11.1. The van der Waals surface area contributed by atoms with Crippen LogP contribution in [0.1, 0.15) is 18.1 Å². The van der Waals surface area contributed by atoms with E-state index in [1.54, 1.807) is 7.11 Å². The van der Waals surface area contributed by atoms with Gasteiger partial charge in [0.2, 0.25) is 0 Å². The number of nitrogens with zero attached hydrogens (tertiary/aromatic N) is 2. The second-order valence-corrected chi connectivity index (χ2v) is 6.70. The molecule has 1 unspecified atom stereocenters. The number of hydrogen-bond donors (Lipinski definition) is 2. The number of nitrogens with one attached hydrogen (secondary N) is 1. The summed E-state index contributed by atoms with van der Waals surface area (Å²) in [5.74, 6) is 1.08. The fourth-order valence-electron chi connectivity index (χ4n) is 2.83. The lowest BCUT2D eigenvalue weighted by Gasteiger charge is -2.29. The van der Waals surface area contributed by atoms with Gasteiger partial charge in [-0.1, -0.05) is 36.0 Å². The molecule has 1 aromatic rings. The van der Waals surface area contributed by atoms with Crippen LogP contribution in [-0.4, -0.2) is 53.5 Å². The SMILES string of the molecule is COc1ccccc1C(O)CN1CC=C(C2=NNC(=O)CS2)CC1. The van der Waals surface area contributed by atoms with Gasteiger partial charge in [-0.15, -0.1) is 0 Å². The van der Waals surface area contributed by atoms with Crippen LogP contribution in [-0.2, 0) is 4.79 Å². The van der Waals surface area contributed by atoms with E-state index in [4.69, 9.17) is 4.74 Å². The van der Waals surface area contributed by atoms with Crippen molar-refractivity contribution in [2.24, 2.45) is 5.10 Å². The number of amides is 1. The van der Waals surface area contributed by atoms with Crippen LogP contribution in [0.4, 0.5) is 0 Å². The summed E-state index contributed by atoms with van der Waals surface area (Å²) >= 11 is 1.48. The van der Waals surface area contributed by atoms with E-state index in [9.17, 15) is 9.90 Å². The zero-order chi connectivity index (χ0) is 16.9. The van der Waals surface area contributed by atoms with Gasteiger partial charge in [0.25, 0.3) is 5.91 Å². The highest BCUT2D eigenvalue weighted by Gasteiger charge is 2.22. The molecule has 1 aromatic carbocycles. The monoisotopic (exact) mass is 347 g/mol. The molecule has 6 nitrogen and oxygen atoms in total. The molecule has 0 aromatic heterocycles. The van der Waals surface area contributed by atoms with E-state index in [0.717, 1.165) is 30.1 Å². The van der Waals surface area contributed by atoms with Crippen LogP contribution in [0.5, 0.6) is 5.75 Å². The smallest absolute Gasteiger partial charge is 0.250 e. The molecule has 24 heavy (non-hydrogen) atoms. The fraction of sp³-hybridized carbons (Fsp3) is 0.412. The highest BCUT2D eigenvalue weighted by atomic mass is 32.2. The number of ether oxygens (including phenoxy) is 1. The molecule has 2 N–H and O–H groups in total. The first-order valence-electron chi connectivity index (χ1n) is 7.89. The number of rotatable bonds is 5. The average molecular weight is 347 g/mol. The molecule has 0 radical (unpaired) electrons. The Balaban J connectivity index is 1.59. The Bertz CT molecular complexity index is 675. The zero-order valence-corrected chi connectivity index (χ0v) is 14.4. The number of carbonyl (C=O) groups is 1. The summed E-state index contributed by atoms with van der Waals surface area (Å²) in [4.78, 5) is 13.3. The Hall–Kier alpha value is -1.83. The standard InChI is InChI=1S/C17H21N3O3S/c1-23-15-5-3-2-4-13(15)14(21)10-20-8-6-12(7-9-20)17-19-18-16(22)11-24-17/h2-6,14,21H,7-11H2,1H3,(H,18,22). The Kier molecular flexibility index (Phi) is 5.55. The van der Waals surface area contributed by atoms with Gasteiger partial charge in [0.05, 0.1) is 19.0 Å². The molecule has 0 saturated carbocycles. The first-order chi connectivity index (χ1) is 11.7. The maximum Gasteiger partial charge on any atom is 0.250 e. The Morgan fingerprint density at radius 1 is 1.46 bits per heavy atom. The summed E-state index contributed by atoms with van der Waals surface area (Å²) in [6, 6.07) is 7.55. The molecule has 0 saturated heterocycles. The van der Waals surface area contributed by atoms with Gasteiger partial charge >= 0.3 is 0 Å². The number of β-amino-alcohol motifs (C(OH)–C–C–N with tert-alkyl or cyclic N) is 1. The average Bonchev–Trinajstić information content (AvgIpc) is 2.63. The lowest BCUT2D eigenvalue weighted by Crippen LogP contribution is -2.35. The van der Waals surface area contributed by atoms with E-state index >= 15 is 0 Å². The summed E-state index contributed by atoms with van der Waals surface area (Å²) in [7, 11) is 1.61. The van der Waals surface area contributed by atoms with E-state index in [2.05, 4.69) is 21.5 Å². The molecule has 7 heteroatoms. The predicted octanol–water partition coefficient (Wildman–Crippen LogP) is 1.54. The number of carbonyl (C=O) groups excluding carboxylic acids is 1. The molecule has 0 spiro atoms. The zero-order valence-electron chi connectivity index (χ0n) is 13.6. The van der Waals surface area contributed by atoms with E-state index in [1.165, 1.54) is 17.3 Å². The highest BCUT2D eigenvalue weighted by Crippen LogP contribution is 2.27. The number of hydrazone groups is 1. The third kappa shape index (κ3) is 3.98.